The summed E-state index contributed by atoms with van der Waals surface area (Å²) >= 11 is 0. The van der Waals surface area contributed by atoms with Crippen LogP contribution in [0.4, 0.5) is 4.79 Å². The molecule has 1 aromatic heterocycles. The first kappa shape index (κ1) is 16.8. The van der Waals surface area contributed by atoms with Crippen LogP contribution in [-0.4, -0.2) is 54.5 Å². The third kappa shape index (κ3) is 3.90. The number of nitrogens with one attached hydrogen (secondary N) is 1. The summed E-state index contributed by atoms with van der Waals surface area (Å²) in [5.74, 6) is 0.923. The third-order valence-electron chi connectivity index (χ3n) is 5.10. The first-order chi connectivity index (χ1) is 11.6. The minimum atomic E-state index is -0.402. The lowest BCUT2D eigenvalue weighted by molar-refractivity contribution is -0.126. The molecule has 2 aliphatic rings. The van der Waals surface area contributed by atoms with Crippen molar-refractivity contribution >= 4 is 11.9 Å². The highest BCUT2D eigenvalue weighted by Crippen LogP contribution is 2.25. The Kier molecular flexibility index (Phi) is 5.40. The van der Waals surface area contributed by atoms with Gasteiger partial charge in [0.15, 0.2) is 0 Å². The number of carbonyl (C=O) groups is 2. The lowest BCUT2D eigenvalue weighted by atomic mass is 9.96. The molecule has 3 rings (SSSR count). The number of likely N-dealkylation sites (tertiary alicyclic amines) is 2. The maximum Gasteiger partial charge on any atom is 0.314 e. The molecule has 0 saturated carbocycles. The van der Waals surface area contributed by atoms with Crippen LogP contribution in [0.1, 0.15) is 37.5 Å². The number of hydrogen-bond acceptors (Lipinski definition) is 4. The van der Waals surface area contributed by atoms with Gasteiger partial charge in [-0.15, -0.1) is 0 Å². The minimum Gasteiger partial charge on any atom is -0.468 e. The van der Waals surface area contributed by atoms with Crippen molar-refractivity contribution in [2.75, 3.05) is 32.7 Å². The zero-order valence-corrected chi connectivity index (χ0v) is 13.9. The number of nitrogens with two attached hydrogens (primary N) is 1. The van der Waals surface area contributed by atoms with Gasteiger partial charge in [0.25, 0.3) is 0 Å². The standard InChI is InChI=1S/C17H26N4O3/c18-17(23)21-9-5-13(6-10-21)16(22)19-12-14(15-4-3-11-24-15)20-7-1-2-8-20/h3-4,11,13-14H,1-2,5-10,12H2,(H2,18,23)(H,19,22)/t14-/m1/s1. The normalized spacial score (nSPS) is 20.9. The maximum atomic E-state index is 12.5. The van der Waals surface area contributed by atoms with E-state index in [2.05, 4.69) is 10.2 Å². The summed E-state index contributed by atoms with van der Waals surface area (Å²) in [5.41, 5.74) is 5.28. The predicted octanol–water partition coefficient (Wildman–Crippen LogP) is 1.32. The molecule has 7 heteroatoms. The molecular weight excluding hydrogens is 308 g/mol. The number of urea groups is 1. The summed E-state index contributed by atoms with van der Waals surface area (Å²) in [4.78, 5) is 27.6. The molecule has 0 bridgehead atoms. The number of amides is 3. The zero-order valence-electron chi connectivity index (χ0n) is 13.9. The Morgan fingerprint density at radius 1 is 1.25 bits per heavy atom. The second-order valence-electron chi connectivity index (χ2n) is 6.62. The molecule has 0 unspecified atom stereocenters. The molecule has 3 N–H and O–H groups in total. The van der Waals surface area contributed by atoms with Crippen LogP contribution in [0.25, 0.3) is 0 Å². The van der Waals surface area contributed by atoms with Crippen molar-refractivity contribution < 1.29 is 14.0 Å². The van der Waals surface area contributed by atoms with Gasteiger partial charge >= 0.3 is 6.03 Å². The molecule has 7 nitrogen and oxygen atoms in total. The van der Waals surface area contributed by atoms with Gasteiger partial charge in [-0.05, 0) is 50.9 Å². The van der Waals surface area contributed by atoms with Crippen LogP contribution < -0.4 is 11.1 Å². The van der Waals surface area contributed by atoms with Gasteiger partial charge in [-0.3, -0.25) is 9.69 Å². The van der Waals surface area contributed by atoms with Crippen LogP contribution in [0.15, 0.2) is 22.8 Å². The number of hydrogen-bond donors (Lipinski definition) is 2. The number of carbonyl (C=O) groups excluding carboxylic acids is 2. The molecule has 132 valence electrons. The predicted molar refractivity (Wildman–Crippen MR) is 89.1 cm³/mol. The largest absolute Gasteiger partial charge is 0.468 e. The average Bonchev–Trinajstić information content (AvgIpc) is 3.29. The van der Waals surface area contributed by atoms with Crippen molar-refractivity contribution in [2.45, 2.75) is 31.7 Å². The van der Waals surface area contributed by atoms with E-state index in [0.29, 0.717) is 32.5 Å². The van der Waals surface area contributed by atoms with Crippen LogP contribution in [0.3, 0.4) is 0 Å². The Morgan fingerprint density at radius 3 is 2.54 bits per heavy atom. The SMILES string of the molecule is NC(=O)N1CCC(C(=O)NC[C@H](c2ccco2)N2CCCC2)CC1. The summed E-state index contributed by atoms with van der Waals surface area (Å²) in [7, 11) is 0. The quantitative estimate of drug-likeness (QED) is 0.849. The Morgan fingerprint density at radius 2 is 1.96 bits per heavy atom. The highest BCUT2D eigenvalue weighted by atomic mass is 16.3. The van der Waals surface area contributed by atoms with Crippen LogP contribution in [0, 0.1) is 5.92 Å². The highest BCUT2D eigenvalue weighted by Gasteiger charge is 2.29. The van der Waals surface area contributed by atoms with Crippen molar-refractivity contribution in [3.8, 4) is 0 Å². The summed E-state index contributed by atoms with van der Waals surface area (Å²) < 4.78 is 5.58. The Bertz CT molecular complexity index is 546. The zero-order chi connectivity index (χ0) is 16.9. The summed E-state index contributed by atoms with van der Waals surface area (Å²) in [6, 6.07) is 3.55. The van der Waals surface area contributed by atoms with E-state index < -0.39 is 6.03 Å². The molecule has 2 aliphatic heterocycles. The van der Waals surface area contributed by atoms with Crippen molar-refractivity contribution in [3.05, 3.63) is 24.2 Å². The summed E-state index contributed by atoms with van der Waals surface area (Å²) in [6.07, 6.45) is 5.40. The summed E-state index contributed by atoms with van der Waals surface area (Å²) in [5, 5.41) is 3.09. The molecule has 2 fully saturated rings. The third-order valence-corrected chi connectivity index (χ3v) is 5.10. The molecule has 0 radical (unpaired) electrons. The van der Waals surface area contributed by atoms with Crippen LogP contribution in [-0.2, 0) is 4.79 Å². The molecule has 24 heavy (non-hydrogen) atoms. The number of furan rings is 1. The molecule has 0 aliphatic carbocycles. The minimum absolute atomic E-state index is 0.0450. The Balaban J connectivity index is 1.53. The molecule has 1 atom stereocenters. The lowest BCUT2D eigenvalue weighted by Gasteiger charge is -2.31. The molecular formula is C17H26N4O3. The van der Waals surface area contributed by atoms with Crippen molar-refractivity contribution in [3.63, 3.8) is 0 Å². The fraction of sp³-hybridized carbons (Fsp3) is 0.647. The number of piperidine rings is 1. The topological polar surface area (TPSA) is 91.8 Å². The van der Waals surface area contributed by atoms with E-state index in [9.17, 15) is 9.59 Å². The van der Waals surface area contributed by atoms with Gasteiger partial charge in [-0.1, -0.05) is 0 Å². The maximum absolute atomic E-state index is 12.5. The van der Waals surface area contributed by atoms with Gasteiger partial charge < -0.3 is 20.4 Å². The van der Waals surface area contributed by atoms with Crippen LogP contribution >= 0.6 is 0 Å². The second-order valence-corrected chi connectivity index (χ2v) is 6.62. The van der Waals surface area contributed by atoms with Gasteiger partial charge in [-0.25, -0.2) is 4.79 Å². The van der Waals surface area contributed by atoms with Gasteiger partial charge in [0.05, 0.1) is 12.3 Å². The molecule has 3 amide bonds. The summed E-state index contributed by atoms with van der Waals surface area (Å²) in [6.45, 7) is 3.75. The van der Waals surface area contributed by atoms with E-state index in [1.165, 1.54) is 12.8 Å². The van der Waals surface area contributed by atoms with Crippen LogP contribution in [0.2, 0.25) is 0 Å². The highest BCUT2D eigenvalue weighted by molar-refractivity contribution is 5.79. The van der Waals surface area contributed by atoms with E-state index >= 15 is 0 Å². The molecule has 1 aromatic rings. The van der Waals surface area contributed by atoms with E-state index in [1.54, 1.807) is 11.2 Å². The van der Waals surface area contributed by atoms with Crippen molar-refractivity contribution in [1.82, 2.24) is 15.1 Å². The van der Waals surface area contributed by atoms with E-state index in [0.717, 1.165) is 18.8 Å². The van der Waals surface area contributed by atoms with Crippen molar-refractivity contribution in [2.24, 2.45) is 11.7 Å². The monoisotopic (exact) mass is 334 g/mol. The van der Waals surface area contributed by atoms with Crippen molar-refractivity contribution in [1.29, 1.82) is 0 Å². The van der Waals surface area contributed by atoms with Gasteiger partial charge in [0.1, 0.15) is 5.76 Å². The molecule has 0 spiro atoms. The van der Waals surface area contributed by atoms with Crippen LogP contribution in [0.5, 0.6) is 0 Å². The number of rotatable bonds is 5. The number of primary amides is 1. The lowest BCUT2D eigenvalue weighted by Crippen LogP contribution is -2.46. The van der Waals surface area contributed by atoms with E-state index in [4.69, 9.17) is 10.2 Å². The van der Waals surface area contributed by atoms with E-state index in [-0.39, 0.29) is 17.9 Å². The number of nitrogens with zero attached hydrogens (tertiary/aromatic N) is 2. The van der Waals surface area contributed by atoms with Gasteiger partial charge in [0, 0.05) is 25.6 Å². The molecule has 2 saturated heterocycles. The van der Waals surface area contributed by atoms with Gasteiger partial charge in [-0.2, -0.15) is 0 Å². The fourth-order valence-electron chi connectivity index (χ4n) is 3.65. The molecule has 3 heterocycles. The van der Waals surface area contributed by atoms with Gasteiger partial charge in [0.2, 0.25) is 5.91 Å². The smallest absolute Gasteiger partial charge is 0.314 e. The second kappa shape index (κ2) is 7.70. The fourth-order valence-corrected chi connectivity index (χ4v) is 3.65. The van der Waals surface area contributed by atoms with E-state index in [1.807, 2.05) is 12.1 Å². The first-order valence-electron chi connectivity index (χ1n) is 8.74. The first-order valence-corrected chi connectivity index (χ1v) is 8.74. The molecule has 0 aromatic carbocycles. The Hall–Kier alpha value is -2.02. The average molecular weight is 334 g/mol. The Labute approximate surface area is 142 Å².